The second kappa shape index (κ2) is 14.6. The maximum atomic E-state index is 14.1. The highest BCUT2D eigenvalue weighted by molar-refractivity contribution is 9.10. The fourth-order valence-electron chi connectivity index (χ4n) is 4.08. The zero-order chi connectivity index (χ0) is 31.2. The van der Waals surface area contributed by atoms with Gasteiger partial charge in [0.25, 0.3) is 10.0 Å². The van der Waals surface area contributed by atoms with Crippen molar-refractivity contribution in [1.82, 2.24) is 10.2 Å². The number of carbonyl (C=O) groups excluding carboxylic acids is 2. The molecule has 3 aromatic carbocycles. The minimum Gasteiger partial charge on any atom is -0.496 e. The molecule has 0 aromatic heterocycles. The van der Waals surface area contributed by atoms with Crippen molar-refractivity contribution in [2.75, 3.05) is 18.0 Å². The lowest BCUT2D eigenvalue weighted by molar-refractivity contribution is -0.139. The first-order valence-electron chi connectivity index (χ1n) is 13.3. The van der Waals surface area contributed by atoms with Crippen molar-refractivity contribution in [3.8, 4) is 5.75 Å². The Morgan fingerprint density at radius 3 is 2.19 bits per heavy atom. The van der Waals surface area contributed by atoms with E-state index >= 15 is 0 Å². The topological polar surface area (TPSA) is 96.0 Å². The second-order valence-electron chi connectivity index (χ2n) is 9.86. The zero-order valence-corrected chi connectivity index (χ0v) is 27.9. The van der Waals surface area contributed by atoms with Crippen LogP contribution in [-0.2, 0) is 26.2 Å². The van der Waals surface area contributed by atoms with Crippen molar-refractivity contribution in [1.29, 1.82) is 0 Å². The van der Waals surface area contributed by atoms with E-state index < -0.39 is 28.5 Å². The van der Waals surface area contributed by atoms with E-state index in [1.54, 1.807) is 49.4 Å². The Morgan fingerprint density at radius 2 is 1.64 bits per heavy atom. The van der Waals surface area contributed by atoms with Crippen molar-refractivity contribution < 1.29 is 22.7 Å². The molecule has 2 atom stereocenters. The van der Waals surface area contributed by atoms with Crippen molar-refractivity contribution in [3.05, 3.63) is 86.3 Å². The van der Waals surface area contributed by atoms with Gasteiger partial charge in [-0.15, -0.1) is 0 Å². The predicted molar refractivity (Wildman–Crippen MR) is 171 cm³/mol. The summed E-state index contributed by atoms with van der Waals surface area (Å²) < 4.78 is 34.8. The Bertz CT molecular complexity index is 1520. The summed E-state index contributed by atoms with van der Waals surface area (Å²) in [4.78, 5) is 28.5. The maximum absolute atomic E-state index is 14.1. The SMILES string of the molecule is CC[C@H](C)NC(=O)[C@H](C)N(Cc1c(Cl)cccc1Cl)C(=O)CN(c1ccc(C)cc1)S(=O)(=O)c1ccc(OC)c(Br)c1. The molecule has 0 aliphatic carbocycles. The standard InChI is InChI=1S/C30H34BrCl2N3O5S/c1-6-20(3)34-30(38)21(4)35(17-24-26(32)8-7-9-27(24)33)29(37)18-36(22-12-10-19(2)11-13-22)42(39,40)23-14-15-28(41-5)25(31)16-23/h7-16,20-21H,6,17-18H2,1-5H3,(H,34,38)/t20-,21-/m0/s1. The molecule has 2 amide bonds. The second-order valence-corrected chi connectivity index (χ2v) is 13.4. The number of nitrogens with one attached hydrogen (secondary N) is 1. The number of hydrogen-bond donors (Lipinski definition) is 1. The largest absolute Gasteiger partial charge is 0.496 e. The summed E-state index contributed by atoms with van der Waals surface area (Å²) in [5.41, 5.74) is 1.65. The van der Waals surface area contributed by atoms with Gasteiger partial charge in [0, 0.05) is 28.2 Å². The molecule has 0 spiro atoms. The highest BCUT2D eigenvalue weighted by Crippen LogP contribution is 2.32. The van der Waals surface area contributed by atoms with Gasteiger partial charge in [-0.2, -0.15) is 0 Å². The van der Waals surface area contributed by atoms with Gasteiger partial charge in [-0.3, -0.25) is 13.9 Å². The third-order valence-electron chi connectivity index (χ3n) is 6.87. The maximum Gasteiger partial charge on any atom is 0.264 e. The first-order chi connectivity index (χ1) is 19.8. The Hall–Kier alpha value is -2.79. The molecule has 0 heterocycles. The normalized spacial score (nSPS) is 12.8. The molecule has 0 fully saturated rings. The number of halogens is 3. The molecule has 12 heteroatoms. The van der Waals surface area contributed by atoms with Crippen LogP contribution < -0.4 is 14.4 Å². The summed E-state index contributed by atoms with van der Waals surface area (Å²) in [5, 5.41) is 3.54. The molecule has 226 valence electrons. The van der Waals surface area contributed by atoms with Gasteiger partial charge in [0.05, 0.1) is 22.2 Å². The van der Waals surface area contributed by atoms with E-state index in [1.165, 1.54) is 30.2 Å². The summed E-state index contributed by atoms with van der Waals surface area (Å²) in [5.74, 6) is -0.546. The first kappa shape index (κ1) is 33.7. The Labute approximate surface area is 266 Å². The van der Waals surface area contributed by atoms with Crippen LogP contribution in [0.15, 0.2) is 70.0 Å². The van der Waals surface area contributed by atoms with Gasteiger partial charge in [0.2, 0.25) is 11.8 Å². The molecular weight excluding hydrogens is 665 g/mol. The number of aryl methyl sites for hydroxylation is 1. The number of rotatable bonds is 12. The van der Waals surface area contributed by atoms with E-state index in [4.69, 9.17) is 27.9 Å². The minimum atomic E-state index is -4.25. The average Bonchev–Trinajstić information content (AvgIpc) is 2.95. The summed E-state index contributed by atoms with van der Waals surface area (Å²) in [6.45, 7) is 6.57. The summed E-state index contributed by atoms with van der Waals surface area (Å²) in [6.07, 6.45) is 0.694. The van der Waals surface area contributed by atoms with Gasteiger partial charge in [-0.25, -0.2) is 8.42 Å². The van der Waals surface area contributed by atoms with Gasteiger partial charge >= 0.3 is 0 Å². The predicted octanol–water partition coefficient (Wildman–Crippen LogP) is 6.60. The van der Waals surface area contributed by atoms with E-state index in [1.807, 2.05) is 20.8 Å². The Balaban J connectivity index is 2.08. The third kappa shape index (κ3) is 7.98. The molecule has 3 rings (SSSR count). The molecule has 0 radical (unpaired) electrons. The summed E-state index contributed by atoms with van der Waals surface area (Å²) >= 11 is 16.2. The number of sulfonamides is 1. The smallest absolute Gasteiger partial charge is 0.264 e. The molecule has 8 nitrogen and oxygen atoms in total. The number of benzene rings is 3. The van der Waals surface area contributed by atoms with Crippen LogP contribution in [0.1, 0.15) is 38.3 Å². The van der Waals surface area contributed by atoms with Crippen molar-refractivity contribution >= 4 is 66.7 Å². The zero-order valence-electron chi connectivity index (χ0n) is 24.0. The molecule has 0 bridgehead atoms. The van der Waals surface area contributed by atoms with Crippen LogP contribution in [-0.4, -0.2) is 50.9 Å². The van der Waals surface area contributed by atoms with Crippen LogP contribution in [0.3, 0.4) is 0 Å². The van der Waals surface area contributed by atoms with Crippen LogP contribution >= 0.6 is 39.1 Å². The number of amides is 2. The van der Waals surface area contributed by atoms with Gasteiger partial charge in [0.1, 0.15) is 18.3 Å². The molecule has 0 saturated carbocycles. The molecule has 0 aliphatic rings. The average molecular weight is 699 g/mol. The number of ether oxygens (including phenoxy) is 1. The Morgan fingerprint density at radius 1 is 1.02 bits per heavy atom. The minimum absolute atomic E-state index is 0.0492. The lowest BCUT2D eigenvalue weighted by Gasteiger charge is -2.33. The highest BCUT2D eigenvalue weighted by atomic mass is 79.9. The summed E-state index contributed by atoms with van der Waals surface area (Å²) in [6, 6.07) is 15.0. The van der Waals surface area contributed by atoms with E-state index in [0.717, 1.165) is 9.87 Å². The molecular formula is C30H34BrCl2N3O5S. The number of carbonyl (C=O) groups is 2. The van der Waals surface area contributed by atoms with Crippen LogP contribution in [0.5, 0.6) is 5.75 Å². The fourth-order valence-corrected chi connectivity index (χ4v) is 6.73. The quantitative estimate of drug-likeness (QED) is 0.230. The third-order valence-corrected chi connectivity index (χ3v) is 9.97. The number of hydrogen-bond acceptors (Lipinski definition) is 5. The fraction of sp³-hybridized carbons (Fsp3) is 0.333. The van der Waals surface area contributed by atoms with Gasteiger partial charge in [-0.1, -0.05) is 53.9 Å². The van der Waals surface area contributed by atoms with Crippen LogP contribution in [0.4, 0.5) is 5.69 Å². The molecule has 0 unspecified atom stereocenters. The van der Waals surface area contributed by atoms with Crippen LogP contribution in [0, 0.1) is 6.92 Å². The highest BCUT2D eigenvalue weighted by Gasteiger charge is 2.33. The van der Waals surface area contributed by atoms with Crippen molar-refractivity contribution in [2.45, 2.75) is 57.6 Å². The van der Waals surface area contributed by atoms with Crippen molar-refractivity contribution in [3.63, 3.8) is 0 Å². The summed E-state index contributed by atoms with van der Waals surface area (Å²) in [7, 11) is -2.78. The number of methoxy groups -OCH3 is 1. The first-order valence-corrected chi connectivity index (χ1v) is 16.2. The van der Waals surface area contributed by atoms with Gasteiger partial charge < -0.3 is 15.0 Å². The van der Waals surface area contributed by atoms with Crippen LogP contribution in [0.25, 0.3) is 0 Å². The molecule has 0 saturated heterocycles. The molecule has 1 N–H and O–H groups in total. The van der Waals surface area contributed by atoms with Crippen molar-refractivity contribution in [2.24, 2.45) is 0 Å². The van der Waals surface area contributed by atoms with E-state index in [9.17, 15) is 18.0 Å². The van der Waals surface area contributed by atoms with Crippen LogP contribution in [0.2, 0.25) is 10.0 Å². The number of anilines is 1. The van der Waals surface area contributed by atoms with E-state index in [-0.39, 0.29) is 29.1 Å². The monoisotopic (exact) mass is 697 g/mol. The molecule has 0 aliphatic heterocycles. The lowest BCUT2D eigenvalue weighted by atomic mass is 10.1. The van der Waals surface area contributed by atoms with E-state index in [2.05, 4.69) is 21.2 Å². The van der Waals surface area contributed by atoms with Gasteiger partial charge in [0.15, 0.2) is 0 Å². The molecule has 42 heavy (non-hydrogen) atoms. The van der Waals surface area contributed by atoms with Gasteiger partial charge in [-0.05, 0) is 85.6 Å². The molecule has 3 aromatic rings. The number of nitrogens with zero attached hydrogens (tertiary/aromatic N) is 2. The Kier molecular flexibility index (Phi) is 11.7. The lowest BCUT2D eigenvalue weighted by Crippen LogP contribution is -2.52. The van der Waals surface area contributed by atoms with E-state index in [0.29, 0.717) is 32.3 Å².